The van der Waals surface area contributed by atoms with E-state index in [4.69, 9.17) is 0 Å². The molecule has 1 aliphatic heterocycles. The van der Waals surface area contributed by atoms with E-state index in [1.54, 1.807) is 6.07 Å². The number of carbonyl (C=O) groups excluding carboxylic acids is 2. The Hall–Kier alpha value is -3.85. The molecule has 3 atom stereocenters. The van der Waals surface area contributed by atoms with Crippen LogP contribution in [-0.4, -0.2) is 56.9 Å². The van der Waals surface area contributed by atoms with Crippen molar-refractivity contribution >= 4 is 34.7 Å². The van der Waals surface area contributed by atoms with Crippen LogP contribution in [0.25, 0.3) is 17.0 Å². The van der Waals surface area contributed by atoms with Gasteiger partial charge in [-0.3, -0.25) is 14.4 Å². The van der Waals surface area contributed by atoms with Gasteiger partial charge in [0.2, 0.25) is 5.91 Å². The Labute approximate surface area is 257 Å². The number of nitrogens with zero attached hydrogens (tertiary/aromatic N) is 3. The number of aliphatic carboxylic acids is 1. The van der Waals surface area contributed by atoms with Gasteiger partial charge in [-0.1, -0.05) is 65.0 Å². The van der Waals surface area contributed by atoms with Crippen molar-refractivity contribution in [3.05, 3.63) is 75.7 Å². The maximum Gasteiger partial charge on any atom is 0.310 e. The van der Waals surface area contributed by atoms with Crippen molar-refractivity contribution in [2.24, 2.45) is 17.8 Å². The molecule has 2 aromatic heterocycles. The molecule has 1 aliphatic carbocycles. The van der Waals surface area contributed by atoms with Crippen LogP contribution in [0.15, 0.2) is 54.9 Å². The van der Waals surface area contributed by atoms with Crippen molar-refractivity contribution in [3.8, 4) is 11.4 Å². The van der Waals surface area contributed by atoms with E-state index >= 15 is 0 Å². The number of nitrogens with one attached hydrogen (secondary N) is 1. The summed E-state index contributed by atoms with van der Waals surface area (Å²) in [6, 6.07) is 10.6. The van der Waals surface area contributed by atoms with Gasteiger partial charge >= 0.3 is 5.97 Å². The molecule has 2 aliphatic rings. The molecule has 5 rings (SSSR count). The van der Waals surface area contributed by atoms with Gasteiger partial charge in [0.15, 0.2) is 5.82 Å². The van der Waals surface area contributed by atoms with Crippen LogP contribution in [-0.2, 0) is 21.4 Å². The molecule has 3 aromatic rings. The number of carboxylic acids is 1. The molecule has 0 bridgehead atoms. The van der Waals surface area contributed by atoms with Gasteiger partial charge in [0.1, 0.15) is 6.04 Å². The van der Waals surface area contributed by atoms with Gasteiger partial charge < -0.3 is 15.3 Å². The standard InChI is InChI=1S/C34H40N4O4S/c1-20-6-11-26(21(2)14-20)24-16-35-30(36-17-24)23-9-7-22(8-10-23)15-27(32(40)38-18-25(19-38)33(41)42)37-31(39)28-12-13-29(43-28)34(3,4)5/h7-13,16-17,20-21,25,27H,6,14-15,18-19H2,1-5H3,(H,37,39)(H,41,42)/t20-,21?,27?/m0/s1. The Balaban J connectivity index is 1.30. The predicted molar refractivity (Wildman–Crippen MR) is 169 cm³/mol. The third kappa shape index (κ3) is 7.04. The number of hydrogen-bond donors (Lipinski definition) is 2. The normalized spacial score (nSPS) is 19.7. The van der Waals surface area contributed by atoms with Gasteiger partial charge in [-0.25, -0.2) is 9.97 Å². The van der Waals surface area contributed by atoms with E-state index in [1.807, 2.05) is 42.7 Å². The van der Waals surface area contributed by atoms with E-state index in [9.17, 15) is 19.5 Å². The Morgan fingerprint density at radius 2 is 1.70 bits per heavy atom. The number of carbonyl (C=O) groups is 3. The Morgan fingerprint density at radius 1 is 1.02 bits per heavy atom. The highest BCUT2D eigenvalue weighted by Gasteiger charge is 2.39. The quantitative estimate of drug-likeness (QED) is 0.336. The monoisotopic (exact) mass is 600 g/mol. The maximum absolute atomic E-state index is 13.4. The van der Waals surface area contributed by atoms with Gasteiger partial charge in [0, 0.05) is 47.9 Å². The number of hydrogen-bond acceptors (Lipinski definition) is 6. The largest absolute Gasteiger partial charge is 0.481 e. The molecule has 0 spiro atoms. The fraction of sp³-hybridized carbons (Fsp3) is 0.441. The summed E-state index contributed by atoms with van der Waals surface area (Å²) in [5.74, 6) is -0.257. The second-order valence-electron chi connectivity index (χ2n) is 13.1. The summed E-state index contributed by atoms with van der Waals surface area (Å²) in [7, 11) is 0. The van der Waals surface area contributed by atoms with Crippen LogP contribution in [0, 0.1) is 17.8 Å². The average Bonchev–Trinajstić information content (AvgIpc) is 3.44. The molecular weight excluding hydrogens is 560 g/mol. The van der Waals surface area contributed by atoms with Gasteiger partial charge in [0.05, 0.1) is 10.8 Å². The fourth-order valence-corrected chi connectivity index (χ4v) is 6.70. The highest BCUT2D eigenvalue weighted by Crippen LogP contribution is 2.35. The summed E-state index contributed by atoms with van der Waals surface area (Å²) in [6.07, 6.45) is 8.63. The zero-order chi connectivity index (χ0) is 30.9. The molecule has 0 saturated carbocycles. The summed E-state index contributed by atoms with van der Waals surface area (Å²) < 4.78 is 0. The number of rotatable bonds is 8. The molecule has 3 heterocycles. The van der Waals surface area contributed by atoms with Crippen LogP contribution < -0.4 is 5.32 Å². The second-order valence-corrected chi connectivity index (χ2v) is 14.1. The van der Waals surface area contributed by atoms with E-state index in [1.165, 1.54) is 28.2 Å². The van der Waals surface area contributed by atoms with Gasteiger partial charge in [0.25, 0.3) is 5.91 Å². The van der Waals surface area contributed by atoms with E-state index in [0.29, 0.717) is 22.5 Å². The van der Waals surface area contributed by atoms with Crippen LogP contribution in [0.1, 0.15) is 73.1 Å². The number of amides is 2. The van der Waals surface area contributed by atoms with Gasteiger partial charge in [-0.05, 0) is 53.4 Å². The number of aromatic nitrogens is 2. The summed E-state index contributed by atoms with van der Waals surface area (Å²) in [6.45, 7) is 11.1. The zero-order valence-electron chi connectivity index (χ0n) is 25.5. The minimum atomic E-state index is -0.914. The highest BCUT2D eigenvalue weighted by atomic mass is 32.1. The molecule has 2 unspecified atom stereocenters. The van der Waals surface area contributed by atoms with Gasteiger partial charge in [-0.15, -0.1) is 11.3 Å². The van der Waals surface area contributed by atoms with Crippen molar-refractivity contribution in [2.45, 2.75) is 65.3 Å². The van der Waals surface area contributed by atoms with Crippen LogP contribution in [0.4, 0.5) is 0 Å². The van der Waals surface area contributed by atoms with Crippen LogP contribution in [0.5, 0.6) is 0 Å². The second kappa shape index (κ2) is 12.4. The molecular formula is C34H40N4O4S. The molecule has 8 nitrogen and oxygen atoms in total. The minimum Gasteiger partial charge on any atom is -0.481 e. The van der Waals surface area contributed by atoms with E-state index in [0.717, 1.165) is 28.0 Å². The average molecular weight is 601 g/mol. The SMILES string of the molecule is CC1C[C@@H](C)CC=C1c1cnc(-c2ccc(CC(NC(=O)c3ccc(C(C)(C)C)s3)C(=O)N3CC(C(=O)O)C3)cc2)nc1. The number of benzene rings is 1. The lowest BCUT2D eigenvalue weighted by Crippen LogP contribution is -2.59. The number of thiophene rings is 1. The van der Waals surface area contributed by atoms with Crippen molar-refractivity contribution in [2.75, 3.05) is 13.1 Å². The molecule has 2 amide bonds. The number of allylic oxidation sites excluding steroid dienone is 2. The third-order valence-corrected chi connectivity index (χ3v) is 9.89. The van der Waals surface area contributed by atoms with Crippen molar-refractivity contribution in [3.63, 3.8) is 0 Å². The maximum atomic E-state index is 13.4. The Kier molecular flexibility index (Phi) is 8.83. The van der Waals surface area contributed by atoms with Crippen LogP contribution in [0.2, 0.25) is 0 Å². The van der Waals surface area contributed by atoms with Crippen LogP contribution >= 0.6 is 11.3 Å². The molecule has 2 N–H and O–H groups in total. The van der Waals surface area contributed by atoms with E-state index in [2.05, 4.69) is 56.0 Å². The molecule has 9 heteroatoms. The van der Waals surface area contributed by atoms with Crippen molar-refractivity contribution < 1.29 is 19.5 Å². The summed E-state index contributed by atoms with van der Waals surface area (Å²) in [4.78, 5) is 50.4. The summed E-state index contributed by atoms with van der Waals surface area (Å²) in [5.41, 5.74) is 4.02. The van der Waals surface area contributed by atoms with Crippen LogP contribution in [0.3, 0.4) is 0 Å². The fourth-order valence-electron chi connectivity index (χ4n) is 5.74. The molecule has 1 aromatic carbocycles. The highest BCUT2D eigenvalue weighted by molar-refractivity contribution is 7.14. The first-order valence-electron chi connectivity index (χ1n) is 14.9. The first-order chi connectivity index (χ1) is 20.4. The molecule has 1 fully saturated rings. The van der Waals surface area contributed by atoms with E-state index in [-0.39, 0.29) is 36.7 Å². The lowest BCUT2D eigenvalue weighted by Gasteiger charge is -2.38. The summed E-state index contributed by atoms with van der Waals surface area (Å²) in [5, 5.41) is 12.2. The van der Waals surface area contributed by atoms with Gasteiger partial charge in [-0.2, -0.15) is 0 Å². The van der Waals surface area contributed by atoms with Crippen molar-refractivity contribution in [1.29, 1.82) is 0 Å². The third-order valence-electron chi connectivity index (χ3n) is 8.38. The molecule has 43 heavy (non-hydrogen) atoms. The van der Waals surface area contributed by atoms with Crippen molar-refractivity contribution in [1.82, 2.24) is 20.2 Å². The first-order valence-corrected chi connectivity index (χ1v) is 15.7. The topological polar surface area (TPSA) is 112 Å². The molecule has 226 valence electrons. The Morgan fingerprint density at radius 3 is 2.28 bits per heavy atom. The zero-order valence-corrected chi connectivity index (χ0v) is 26.3. The predicted octanol–water partition coefficient (Wildman–Crippen LogP) is 5.84. The number of likely N-dealkylation sites (tertiary alicyclic amines) is 1. The first kappa shape index (κ1) is 30.6. The lowest BCUT2D eigenvalue weighted by atomic mass is 9.81. The summed E-state index contributed by atoms with van der Waals surface area (Å²) >= 11 is 1.42. The van der Waals surface area contributed by atoms with E-state index < -0.39 is 17.9 Å². The smallest absolute Gasteiger partial charge is 0.310 e. The number of carboxylic acid groups (broad SMARTS) is 1. The molecule has 0 radical (unpaired) electrons. The minimum absolute atomic E-state index is 0.0854. The Bertz CT molecular complexity index is 1510. The lowest BCUT2D eigenvalue weighted by molar-refractivity contribution is -0.153. The molecule has 1 saturated heterocycles.